The van der Waals surface area contributed by atoms with Gasteiger partial charge in [-0.05, 0) is 30.5 Å². The van der Waals surface area contributed by atoms with E-state index in [0.717, 1.165) is 10.0 Å². The van der Waals surface area contributed by atoms with Crippen LogP contribution in [0.2, 0.25) is 0 Å². The van der Waals surface area contributed by atoms with Gasteiger partial charge >= 0.3 is 0 Å². The van der Waals surface area contributed by atoms with Crippen molar-refractivity contribution < 1.29 is 9.59 Å². The molecule has 0 radical (unpaired) electrons. The monoisotopic (exact) mass is 338 g/mol. The van der Waals surface area contributed by atoms with Crippen molar-refractivity contribution in [2.24, 2.45) is 0 Å². The van der Waals surface area contributed by atoms with Gasteiger partial charge in [0.15, 0.2) is 0 Å². The minimum atomic E-state index is -0.720. The Morgan fingerprint density at radius 2 is 1.80 bits per heavy atom. The van der Waals surface area contributed by atoms with E-state index >= 15 is 0 Å². The number of halogens is 1. The molecular weight excluding hydrogens is 320 g/mol. The van der Waals surface area contributed by atoms with Gasteiger partial charge in [-0.2, -0.15) is 0 Å². The maximum Gasteiger partial charge on any atom is 0.246 e. The maximum absolute atomic E-state index is 12.3. The van der Waals surface area contributed by atoms with E-state index in [1.54, 1.807) is 4.90 Å². The Morgan fingerprint density at radius 3 is 2.35 bits per heavy atom. The molecule has 0 aliphatic carbocycles. The first-order chi connectivity index (χ1) is 9.53. The second-order valence-corrected chi connectivity index (χ2v) is 5.94. The largest absolute Gasteiger partial charge is 0.345 e. The summed E-state index contributed by atoms with van der Waals surface area (Å²) in [5.74, 6) is -0.0598. The number of hydrogen-bond donors (Lipinski definition) is 1. The molecule has 0 atom stereocenters. The number of nitrogens with zero attached hydrogens (tertiary/aromatic N) is 1. The fourth-order valence-electron chi connectivity index (χ4n) is 2.74. The van der Waals surface area contributed by atoms with Crippen LogP contribution in [0.1, 0.15) is 32.3 Å². The predicted molar refractivity (Wildman–Crippen MR) is 81.0 cm³/mol. The SMILES string of the molecule is CCC1(CC)C(=O)NCC(=O)N1Cc1ccc(Br)cc1. The Bertz CT molecular complexity index is 509. The summed E-state index contributed by atoms with van der Waals surface area (Å²) >= 11 is 3.40. The van der Waals surface area contributed by atoms with Crippen molar-refractivity contribution in [1.82, 2.24) is 10.2 Å². The van der Waals surface area contributed by atoms with E-state index in [-0.39, 0.29) is 18.4 Å². The van der Waals surface area contributed by atoms with Crippen molar-refractivity contribution in [3.63, 3.8) is 0 Å². The smallest absolute Gasteiger partial charge is 0.246 e. The van der Waals surface area contributed by atoms with Gasteiger partial charge in [0.1, 0.15) is 5.54 Å². The van der Waals surface area contributed by atoms with Gasteiger partial charge in [0.2, 0.25) is 11.8 Å². The summed E-state index contributed by atoms with van der Waals surface area (Å²) in [4.78, 5) is 26.2. The van der Waals surface area contributed by atoms with E-state index in [0.29, 0.717) is 19.4 Å². The van der Waals surface area contributed by atoms with Crippen LogP contribution in [0, 0.1) is 0 Å². The highest BCUT2D eigenvalue weighted by Crippen LogP contribution is 2.29. The Balaban J connectivity index is 2.31. The fraction of sp³-hybridized carbons (Fsp3) is 0.467. The number of hydrogen-bond acceptors (Lipinski definition) is 2. The van der Waals surface area contributed by atoms with Gasteiger partial charge in [0.25, 0.3) is 0 Å². The van der Waals surface area contributed by atoms with Crippen molar-refractivity contribution in [2.75, 3.05) is 6.54 Å². The Morgan fingerprint density at radius 1 is 1.20 bits per heavy atom. The fourth-order valence-corrected chi connectivity index (χ4v) is 3.01. The van der Waals surface area contributed by atoms with Crippen LogP contribution in [-0.4, -0.2) is 28.8 Å². The van der Waals surface area contributed by atoms with Crippen molar-refractivity contribution in [2.45, 2.75) is 38.8 Å². The zero-order chi connectivity index (χ0) is 14.8. The summed E-state index contributed by atoms with van der Waals surface area (Å²) in [7, 11) is 0. The van der Waals surface area contributed by atoms with E-state index in [2.05, 4.69) is 21.2 Å². The predicted octanol–water partition coefficient (Wildman–Crippen LogP) is 2.47. The van der Waals surface area contributed by atoms with Crippen molar-refractivity contribution in [3.8, 4) is 0 Å². The summed E-state index contributed by atoms with van der Waals surface area (Å²) in [6.07, 6.45) is 1.25. The number of amides is 2. The average Bonchev–Trinajstić information content (AvgIpc) is 2.46. The van der Waals surface area contributed by atoms with Gasteiger partial charge in [0.05, 0.1) is 6.54 Å². The number of carbonyl (C=O) groups excluding carboxylic acids is 2. The Labute approximate surface area is 127 Å². The van der Waals surface area contributed by atoms with Crippen LogP contribution < -0.4 is 5.32 Å². The third-order valence-corrected chi connectivity index (χ3v) is 4.59. The maximum atomic E-state index is 12.3. The third kappa shape index (κ3) is 2.59. The van der Waals surface area contributed by atoms with Gasteiger partial charge in [0, 0.05) is 11.0 Å². The lowest BCUT2D eigenvalue weighted by molar-refractivity contribution is -0.155. The van der Waals surface area contributed by atoms with Gasteiger partial charge < -0.3 is 10.2 Å². The molecule has 1 saturated heterocycles. The summed E-state index contributed by atoms with van der Waals surface area (Å²) in [6.45, 7) is 4.48. The Hall–Kier alpha value is -1.36. The quantitative estimate of drug-likeness (QED) is 0.916. The van der Waals surface area contributed by atoms with Gasteiger partial charge in [-0.1, -0.05) is 41.9 Å². The summed E-state index contributed by atoms with van der Waals surface area (Å²) in [5.41, 5.74) is 0.310. The molecule has 2 amide bonds. The molecule has 20 heavy (non-hydrogen) atoms. The molecule has 0 spiro atoms. The molecule has 0 unspecified atom stereocenters. The van der Waals surface area contributed by atoms with E-state index < -0.39 is 5.54 Å². The number of rotatable bonds is 4. The van der Waals surface area contributed by atoms with E-state index in [1.165, 1.54) is 0 Å². The average molecular weight is 339 g/mol. The van der Waals surface area contributed by atoms with Crippen molar-refractivity contribution >= 4 is 27.7 Å². The summed E-state index contributed by atoms with van der Waals surface area (Å²) < 4.78 is 1.00. The highest BCUT2D eigenvalue weighted by Gasteiger charge is 2.46. The zero-order valence-corrected chi connectivity index (χ0v) is 13.4. The molecule has 1 heterocycles. The standard InChI is InChI=1S/C15H19BrN2O2/c1-3-15(4-2)14(20)17-9-13(19)18(15)10-11-5-7-12(16)8-6-11/h5-8H,3-4,9-10H2,1-2H3,(H,17,20). The molecule has 0 aromatic heterocycles. The molecular formula is C15H19BrN2O2. The first kappa shape index (κ1) is 15.0. The Kier molecular flexibility index (Phi) is 4.48. The molecule has 1 aromatic rings. The lowest BCUT2D eigenvalue weighted by Gasteiger charge is -2.45. The molecule has 5 heteroatoms. The number of nitrogens with one attached hydrogen (secondary N) is 1. The summed E-state index contributed by atoms with van der Waals surface area (Å²) in [6, 6.07) is 7.84. The first-order valence-electron chi connectivity index (χ1n) is 6.86. The molecule has 0 bridgehead atoms. The topological polar surface area (TPSA) is 49.4 Å². The first-order valence-corrected chi connectivity index (χ1v) is 7.66. The number of piperazine rings is 1. The van der Waals surface area contributed by atoms with Gasteiger partial charge in [-0.25, -0.2) is 0 Å². The van der Waals surface area contributed by atoms with Crippen molar-refractivity contribution in [1.29, 1.82) is 0 Å². The third-order valence-electron chi connectivity index (χ3n) is 4.06. The van der Waals surface area contributed by atoms with Crippen LogP contribution in [0.4, 0.5) is 0 Å². The van der Waals surface area contributed by atoms with Crippen molar-refractivity contribution in [3.05, 3.63) is 34.3 Å². The van der Waals surface area contributed by atoms with Crippen LogP contribution in [0.3, 0.4) is 0 Å². The normalized spacial score (nSPS) is 18.1. The minimum Gasteiger partial charge on any atom is -0.345 e. The van der Waals surface area contributed by atoms with E-state index in [4.69, 9.17) is 0 Å². The van der Waals surface area contributed by atoms with Crippen LogP contribution in [-0.2, 0) is 16.1 Å². The van der Waals surface area contributed by atoms with E-state index in [1.807, 2.05) is 38.1 Å². The highest BCUT2D eigenvalue weighted by atomic mass is 79.9. The molecule has 108 valence electrons. The molecule has 0 saturated carbocycles. The van der Waals surface area contributed by atoms with Crippen LogP contribution in [0.5, 0.6) is 0 Å². The number of carbonyl (C=O) groups is 2. The number of benzene rings is 1. The highest BCUT2D eigenvalue weighted by molar-refractivity contribution is 9.10. The molecule has 1 aromatic carbocycles. The molecule has 4 nitrogen and oxygen atoms in total. The van der Waals surface area contributed by atoms with Gasteiger partial charge in [-0.15, -0.1) is 0 Å². The van der Waals surface area contributed by atoms with Crippen LogP contribution >= 0.6 is 15.9 Å². The second kappa shape index (κ2) is 5.95. The minimum absolute atomic E-state index is 0.0174. The lowest BCUT2D eigenvalue weighted by Crippen LogP contribution is -2.66. The second-order valence-electron chi connectivity index (χ2n) is 5.03. The molecule has 1 aliphatic rings. The summed E-state index contributed by atoms with van der Waals surface area (Å²) in [5, 5.41) is 2.71. The lowest BCUT2D eigenvalue weighted by atomic mass is 9.87. The van der Waals surface area contributed by atoms with E-state index in [9.17, 15) is 9.59 Å². The molecule has 1 fully saturated rings. The van der Waals surface area contributed by atoms with Crippen LogP contribution in [0.15, 0.2) is 28.7 Å². The zero-order valence-electron chi connectivity index (χ0n) is 11.8. The molecule has 2 rings (SSSR count). The van der Waals surface area contributed by atoms with Crippen LogP contribution in [0.25, 0.3) is 0 Å². The molecule has 1 N–H and O–H groups in total. The van der Waals surface area contributed by atoms with Gasteiger partial charge in [-0.3, -0.25) is 9.59 Å². The molecule has 1 aliphatic heterocycles.